The van der Waals surface area contributed by atoms with E-state index < -0.39 is 0 Å². The Bertz CT molecular complexity index is 1110. The number of benzene rings is 1. The van der Waals surface area contributed by atoms with Gasteiger partial charge in [-0.25, -0.2) is 4.98 Å². The van der Waals surface area contributed by atoms with Crippen LogP contribution in [0.5, 0.6) is 5.75 Å². The number of rotatable bonds is 12. The molecule has 0 atom stereocenters. The Labute approximate surface area is 205 Å². The number of aromatic nitrogens is 4. The maximum absolute atomic E-state index is 11.6. The van der Waals surface area contributed by atoms with Crippen molar-refractivity contribution in [3.63, 3.8) is 0 Å². The van der Waals surface area contributed by atoms with Gasteiger partial charge in [0.25, 0.3) is 0 Å². The number of fused-ring (bicyclic) bond motifs is 1. The van der Waals surface area contributed by atoms with E-state index in [-0.39, 0.29) is 5.91 Å². The molecule has 1 fully saturated rings. The van der Waals surface area contributed by atoms with Crippen LogP contribution in [0.3, 0.4) is 0 Å². The van der Waals surface area contributed by atoms with Crippen LogP contribution in [0.2, 0.25) is 0 Å². The van der Waals surface area contributed by atoms with Gasteiger partial charge in [-0.15, -0.1) is 0 Å². The number of aromatic amines is 1. The summed E-state index contributed by atoms with van der Waals surface area (Å²) in [6.45, 7) is 3.54. The summed E-state index contributed by atoms with van der Waals surface area (Å²) in [7, 11) is 1.58. The SMILES string of the molecule is COCCC(=O)NCCCOc1ccc(Nc2nc(NC3CCCCC3)c3[nH]cnc3n2)c(C)c1. The van der Waals surface area contributed by atoms with Crippen molar-refractivity contribution < 1.29 is 14.3 Å². The van der Waals surface area contributed by atoms with Crippen LogP contribution in [0.25, 0.3) is 11.2 Å². The smallest absolute Gasteiger partial charge is 0.231 e. The Morgan fingerprint density at radius 2 is 2.03 bits per heavy atom. The van der Waals surface area contributed by atoms with Gasteiger partial charge in [-0.3, -0.25) is 4.79 Å². The first kappa shape index (κ1) is 24.7. The van der Waals surface area contributed by atoms with Crippen LogP contribution in [0.15, 0.2) is 24.5 Å². The van der Waals surface area contributed by atoms with E-state index in [9.17, 15) is 4.79 Å². The quantitative estimate of drug-likeness (QED) is 0.285. The Morgan fingerprint density at radius 3 is 2.83 bits per heavy atom. The molecule has 0 saturated heterocycles. The van der Waals surface area contributed by atoms with E-state index in [1.165, 1.54) is 19.3 Å². The Hall–Kier alpha value is -3.40. The van der Waals surface area contributed by atoms with E-state index in [0.29, 0.717) is 43.8 Å². The number of carbonyl (C=O) groups is 1. The van der Waals surface area contributed by atoms with Crippen molar-refractivity contribution in [3.8, 4) is 5.75 Å². The van der Waals surface area contributed by atoms with Gasteiger partial charge in [0.15, 0.2) is 11.5 Å². The molecule has 3 aromatic rings. The van der Waals surface area contributed by atoms with Crippen molar-refractivity contribution in [2.24, 2.45) is 0 Å². The minimum absolute atomic E-state index is 0.00883. The minimum atomic E-state index is -0.00883. The van der Waals surface area contributed by atoms with Crippen molar-refractivity contribution in [2.75, 3.05) is 37.5 Å². The van der Waals surface area contributed by atoms with Gasteiger partial charge in [0, 0.05) is 31.8 Å². The first-order valence-electron chi connectivity index (χ1n) is 12.4. The number of ether oxygens (including phenoxy) is 2. The van der Waals surface area contributed by atoms with Crippen LogP contribution in [0.1, 0.15) is 50.5 Å². The molecule has 35 heavy (non-hydrogen) atoms. The molecule has 1 aliphatic rings. The zero-order valence-electron chi connectivity index (χ0n) is 20.5. The fourth-order valence-corrected chi connectivity index (χ4v) is 4.19. The van der Waals surface area contributed by atoms with Gasteiger partial charge in [0.2, 0.25) is 11.9 Å². The number of methoxy groups -OCH3 is 1. The van der Waals surface area contributed by atoms with Crippen molar-refractivity contribution in [1.29, 1.82) is 0 Å². The topological polar surface area (TPSA) is 126 Å². The molecule has 188 valence electrons. The lowest BCUT2D eigenvalue weighted by Gasteiger charge is -2.23. The summed E-state index contributed by atoms with van der Waals surface area (Å²) in [6, 6.07) is 6.28. The van der Waals surface area contributed by atoms with Gasteiger partial charge in [-0.05, 0) is 49.9 Å². The fourth-order valence-electron chi connectivity index (χ4n) is 4.19. The van der Waals surface area contributed by atoms with Gasteiger partial charge in [0.05, 0.1) is 19.5 Å². The zero-order valence-corrected chi connectivity index (χ0v) is 20.5. The van der Waals surface area contributed by atoms with Gasteiger partial charge in [-0.2, -0.15) is 9.97 Å². The number of amides is 1. The van der Waals surface area contributed by atoms with Crippen LogP contribution in [-0.4, -0.2) is 58.8 Å². The largest absolute Gasteiger partial charge is 0.494 e. The van der Waals surface area contributed by atoms with Gasteiger partial charge in [0.1, 0.15) is 11.3 Å². The Kier molecular flexibility index (Phi) is 8.72. The monoisotopic (exact) mass is 481 g/mol. The van der Waals surface area contributed by atoms with E-state index in [1.807, 2.05) is 25.1 Å². The number of anilines is 3. The number of carbonyl (C=O) groups excluding carboxylic acids is 1. The molecular formula is C25H35N7O3. The third kappa shape index (κ3) is 7.05. The predicted octanol–water partition coefficient (Wildman–Crippen LogP) is 4.07. The molecule has 0 spiro atoms. The van der Waals surface area contributed by atoms with Gasteiger partial charge < -0.3 is 30.4 Å². The van der Waals surface area contributed by atoms with E-state index in [1.54, 1.807) is 13.4 Å². The lowest BCUT2D eigenvalue weighted by molar-refractivity contribution is -0.121. The van der Waals surface area contributed by atoms with Crippen LogP contribution >= 0.6 is 0 Å². The van der Waals surface area contributed by atoms with Crippen LogP contribution in [0, 0.1) is 6.92 Å². The molecule has 1 amide bonds. The van der Waals surface area contributed by atoms with Gasteiger partial charge in [-0.1, -0.05) is 19.3 Å². The van der Waals surface area contributed by atoms with E-state index >= 15 is 0 Å². The number of H-pyrrole nitrogens is 1. The first-order chi connectivity index (χ1) is 17.1. The summed E-state index contributed by atoms with van der Waals surface area (Å²) >= 11 is 0. The maximum atomic E-state index is 11.6. The highest BCUT2D eigenvalue weighted by Gasteiger charge is 2.17. The highest BCUT2D eigenvalue weighted by molar-refractivity contribution is 5.84. The summed E-state index contributed by atoms with van der Waals surface area (Å²) in [5.41, 5.74) is 3.38. The number of hydrogen-bond acceptors (Lipinski definition) is 8. The molecule has 10 heteroatoms. The second-order valence-corrected chi connectivity index (χ2v) is 8.87. The normalized spacial score (nSPS) is 14.1. The summed E-state index contributed by atoms with van der Waals surface area (Å²) in [4.78, 5) is 28.4. The van der Waals surface area contributed by atoms with E-state index in [0.717, 1.165) is 47.6 Å². The number of nitrogens with zero attached hydrogens (tertiary/aromatic N) is 3. The summed E-state index contributed by atoms with van der Waals surface area (Å²) < 4.78 is 10.7. The third-order valence-corrected chi connectivity index (χ3v) is 6.12. The Balaban J connectivity index is 1.33. The second-order valence-electron chi connectivity index (χ2n) is 8.87. The molecule has 4 rings (SSSR count). The van der Waals surface area contributed by atoms with Gasteiger partial charge >= 0.3 is 0 Å². The average molecular weight is 482 g/mol. The zero-order chi connectivity index (χ0) is 24.5. The lowest BCUT2D eigenvalue weighted by atomic mass is 9.95. The fraction of sp³-hybridized carbons (Fsp3) is 0.520. The third-order valence-electron chi connectivity index (χ3n) is 6.12. The molecule has 0 bridgehead atoms. The summed E-state index contributed by atoms with van der Waals surface area (Å²) in [5.74, 6) is 2.06. The molecular weight excluding hydrogens is 446 g/mol. The average Bonchev–Trinajstić information content (AvgIpc) is 3.34. The second kappa shape index (κ2) is 12.3. The molecule has 0 radical (unpaired) electrons. The molecule has 10 nitrogen and oxygen atoms in total. The van der Waals surface area contributed by atoms with Crippen LogP contribution < -0.4 is 20.7 Å². The molecule has 4 N–H and O–H groups in total. The van der Waals surface area contributed by atoms with Crippen LogP contribution in [-0.2, 0) is 9.53 Å². The van der Waals surface area contributed by atoms with Crippen molar-refractivity contribution >= 4 is 34.5 Å². The molecule has 0 aliphatic heterocycles. The van der Waals surface area contributed by atoms with E-state index in [4.69, 9.17) is 14.5 Å². The lowest BCUT2D eigenvalue weighted by Crippen LogP contribution is -2.26. The maximum Gasteiger partial charge on any atom is 0.231 e. The molecule has 2 heterocycles. The van der Waals surface area contributed by atoms with Crippen LogP contribution in [0.4, 0.5) is 17.5 Å². The Morgan fingerprint density at radius 1 is 1.17 bits per heavy atom. The highest BCUT2D eigenvalue weighted by Crippen LogP contribution is 2.28. The molecule has 0 unspecified atom stereocenters. The van der Waals surface area contributed by atoms with Crippen molar-refractivity contribution in [1.82, 2.24) is 25.3 Å². The standard InChI is InChI=1S/C25H35N7O3/c1-17-15-19(35-13-6-12-26-21(33)11-14-34-2)9-10-20(17)30-25-31-23-22(27-16-28-23)24(32-25)29-18-7-4-3-5-8-18/h9-10,15-16,18H,3-8,11-14H2,1-2H3,(H,26,33)(H3,27,28,29,30,31,32). The number of nitrogens with one attached hydrogen (secondary N) is 4. The predicted molar refractivity (Wildman–Crippen MR) is 136 cm³/mol. The first-order valence-corrected chi connectivity index (χ1v) is 12.4. The summed E-state index contributed by atoms with van der Waals surface area (Å²) in [5, 5.41) is 9.79. The molecule has 1 aromatic carbocycles. The molecule has 1 aliphatic carbocycles. The van der Waals surface area contributed by atoms with Crippen molar-refractivity contribution in [3.05, 3.63) is 30.1 Å². The molecule has 1 saturated carbocycles. The number of imidazole rings is 1. The molecule has 2 aromatic heterocycles. The number of aryl methyl sites for hydroxylation is 1. The van der Waals surface area contributed by atoms with Crippen molar-refractivity contribution in [2.45, 2.75) is 57.9 Å². The minimum Gasteiger partial charge on any atom is -0.494 e. The highest BCUT2D eigenvalue weighted by atomic mass is 16.5. The number of hydrogen-bond donors (Lipinski definition) is 4. The summed E-state index contributed by atoms with van der Waals surface area (Å²) in [6.07, 6.45) is 8.86. The van der Waals surface area contributed by atoms with E-state index in [2.05, 4.69) is 30.9 Å².